The lowest BCUT2D eigenvalue weighted by atomic mass is 10.1. The molecule has 0 atom stereocenters. The Morgan fingerprint density at radius 2 is 1.87 bits per heavy atom. The number of hydrogen-bond donors (Lipinski definition) is 1. The molecule has 5 nitrogen and oxygen atoms in total. The number of aromatic nitrogens is 3. The Kier molecular flexibility index (Phi) is 6.26. The van der Waals surface area contributed by atoms with Crippen molar-refractivity contribution in [2.24, 2.45) is 0 Å². The molecular weight excluding hydrogens is 433 g/mol. The molecule has 0 amide bonds. The van der Waals surface area contributed by atoms with Crippen molar-refractivity contribution in [2.75, 3.05) is 0 Å². The molecule has 0 saturated carbocycles. The maximum atomic E-state index is 6.24. The van der Waals surface area contributed by atoms with Crippen LogP contribution in [0.2, 0.25) is 5.02 Å². The Morgan fingerprint density at radius 1 is 1.00 bits per heavy atom. The smallest absolute Gasteiger partial charge is 0.174 e. The lowest BCUT2D eigenvalue weighted by Gasteiger charge is -2.11. The summed E-state index contributed by atoms with van der Waals surface area (Å²) in [5.41, 5.74) is 3.80. The van der Waals surface area contributed by atoms with Crippen LogP contribution >= 0.6 is 24.0 Å². The first-order valence-electron chi connectivity index (χ1n) is 9.58. The second kappa shape index (κ2) is 9.25. The summed E-state index contributed by atoms with van der Waals surface area (Å²) in [4.78, 5) is 11.9. The lowest BCUT2D eigenvalue weighted by molar-refractivity contribution is 0.303. The van der Waals surface area contributed by atoms with Gasteiger partial charge in [-0.15, -0.1) is 12.4 Å². The number of ether oxygens (including phenoxy) is 1. The minimum absolute atomic E-state index is 0. The summed E-state index contributed by atoms with van der Waals surface area (Å²) in [6.45, 7) is 0.492. The van der Waals surface area contributed by atoms with Crippen molar-refractivity contribution >= 4 is 35.0 Å². The van der Waals surface area contributed by atoms with E-state index in [0.717, 1.165) is 33.7 Å². The largest absolute Gasteiger partial charge is 0.489 e. The number of H-pyrrole nitrogens is 1. The predicted molar refractivity (Wildman–Crippen MR) is 124 cm³/mol. The summed E-state index contributed by atoms with van der Waals surface area (Å²) in [6.07, 6.45) is 4.03. The van der Waals surface area contributed by atoms with Gasteiger partial charge in [-0.05, 0) is 42.0 Å². The van der Waals surface area contributed by atoms with Crippen LogP contribution in [0.15, 0.2) is 83.5 Å². The van der Waals surface area contributed by atoms with Crippen LogP contribution in [0.4, 0.5) is 0 Å². The fourth-order valence-electron chi connectivity index (χ4n) is 3.32. The molecule has 0 aliphatic carbocycles. The zero-order chi connectivity index (χ0) is 20.3. The van der Waals surface area contributed by atoms with E-state index in [4.69, 9.17) is 20.8 Å². The molecule has 3 aromatic heterocycles. The van der Waals surface area contributed by atoms with Crippen molar-refractivity contribution in [1.82, 2.24) is 15.0 Å². The number of hydrogen-bond acceptors (Lipinski definition) is 4. The molecule has 0 bridgehead atoms. The van der Waals surface area contributed by atoms with Crippen molar-refractivity contribution in [3.8, 4) is 17.3 Å². The number of furan rings is 1. The van der Waals surface area contributed by atoms with E-state index in [0.29, 0.717) is 29.6 Å². The quantitative estimate of drug-likeness (QED) is 0.321. The van der Waals surface area contributed by atoms with E-state index in [1.54, 1.807) is 12.4 Å². The molecule has 7 heteroatoms. The van der Waals surface area contributed by atoms with Crippen molar-refractivity contribution in [3.63, 3.8) is 0 Å². The molecule has 5 rings (SSSR count). The van der Waals surface area contributed by atoms with Gasteiger partial charge in [0.05, 0.1) is 17.2 Å². The minimum atomic E-state index is 0. The monoisotopic (exact) mass is 451 g/mol. The number of halogens is 2. The van der Waals surface area contributed by atoms with Crippen molar-refractivity contribution in [2.45, 2.75) is 13.0 Å². The average molecular weight is 452 g/mol. The summed E-state index contributed by atoms with van der Waals surface area (Å²) in [6, 6.07) is 21.4. The maximum Gasteiger partial charge on any atom is 0.174 e. The lowest BCUT2D eigenvalue weighted by Crippen LogP contribution is -1.99. The van der Waals surface area contributed by atoms with Crippen LogP contribution in [0.5, 0.6) is 5.75 Å². The zero-order valence-corrected chi connectivity index (χ0v) is 18.0. The van der Waals surface area contributed by atoms with E-state index in [1.165, 1.54) is 0 Å². The molecule has 0 fully saturated rings. The summed E-state index contributed by atoms with van der Waals surface area (Å²) < 4.78 is 12.1. The van der Waals surface area contributed by atoms with Crippen molar-refractivity contribution < 1.29 is 9.15 Å². The fraction of sp³-hybridized carbons (Fsp3) is 0.0833. The van der Waals surface area contributed by atoms with E-state index >= 15 is 0 Å². The van der Waals surface area contributed by atoms with Crippen LogP contribution in [0.1, 0.15) is 16.9 Å². The van der Waals surface area contributed by atoms with Gasteiger partial charge in [0.1, 0.15) is 18.1 Å². The third-order valence-corrected chi connectivity index (χ3v) is 5.04. The first-order valence-corrected chi connectivity index (χ1v) is 9.96. The van der Waals surface area contributed by atoms with Gasteiger partial charge in [0.15, 0.2) is 11.6 Å². The molecule has 0 spiro atoms. The molecule has 0 radical (unpaired) electrons. The van der Waals surface area contributed by atoms with Gasteiger partial charge in [0.2, 0.25) is 0 Å². The topological polar surface area (TPSA) is 63.9 Å². The second-order valence-electron chi connectivity index (χ2n) is 6.95. The molecule has 3 heterocycles. The van der Waals surface area contributed by atoms with Crippen LogP contribution in [0.3, 0.4) is 0 Å². The third kappa shape index (κ3) is 4.74. The van der Waals surface area contributed by atoms with E-state index < -0.39 is 0 Å². The van der Waals surface area contributed by atoms with Gasteiger partial charge in [-0.3, -0.25) is 4.98 Å². The number of fused-ring (bicyclic) bond motifs is 1. The molecule has 1 N–H and O–H groups in total. The number of nitrogens with zero attached hydrogens (tertiary/aromatic N) is 2. The highest BCUT2D eigenvalue weighted by atomic mass is 35.5. The number of nitrogens with one attached hydrogen (secondary N) is 1. The zero-order valence-electron chi connectivity index (χ0n) is 16.4. The Bertz CT molecular complexity index is 1270. The van der Waals surface area contributed by atoms with Gasteiger partial charge in [0, 0.05) is 23.2 Å². The Balaban J connectivity index is 0.00000231. The van der Waals surface area contributed by atoms with Gasteiger partial charge in [-0.25, -0.2) is 4.98 Å². The van der Waals surface area contributed by atoms with Gasteiger partial charge in [0.25, 0.3) is 0 Å². The highest BCUT2D eigenvalue weighted by Crippen LogP contribution is 2.29. The summed E-state index contributed by atoms with van der Waals surface area (Å²) in [5.74, 6) is 2.94. The number of pyridine rings is 1. The Hall–Kier alpha value is -3.28. The molecule has 0 unspecified atom stereocenters. The molecular formula is C24H19Cl2N3O2. The number of rotatable bonds is 6. The van der Waals surface area contributed by atoms with Gasteiger partial charge in [-0.2, -0.15) is 0 Å². The Labute approximate surface area is 190 Å². The predicted octanol–water partition coefficient (Wildman–Crippen LogP) is 6.46. The SMILES string of the molecule is Cl.Clc1ccc(OCc2ccccc2)c(Cc2ccc(-c3nc4ccncc4[nH]3)o2)c1. The van der Waals surface area contributed by atoms with Crippen molar-refractivity contribution in [1.29, 1.82) is 0 Å². The van der Waals surface area contributed by atoms with Crippen molar-refractivity contribution in [3.05, 3.63) is 101 Å². The fourth-order valence-corrected chi connectivity index (χ4v) is 3.52. The van der Waals surface area contributed by atoms with Crippen LogP contribution in [-0.4, -0.2) is 15.0 Å². The van der Waals surface area contributed by atoms with Gasteiger partial charge < -0.3 is 14.1 Å². The minimum Gasteiger partial charge on any atom is -0.489 e. The number of benzene rings is 2. The standard InChI is InChI=1S/C24H18ClN3O2.ClH/c25-18-6-8-22(29-15-16-4-2-1-3-5-16)17(12-18)13-19-7-9-23(30-19)24-27-20-10-11-26-14-21(20)28-24;/h1-12,14H,13,15H2,(H,27,28);1H. The summed E-state index contributed by atoms with van der Waals surface area (Å²) >= 11 is 6.24. The maximum absolute atomic E-state index is 6.24. The van der Waals surface area contributed by atoms with Gasteiger partial charge in [-0.1, -0.05) is 41.9 Å². The van der Waals surface area contributed by atoms with Gasteiger partial charge >= 0.3 is 0 Å². The Morgan fingerprint density at radius 3 is 2.71 bits per heavy atom. The molecule has 2 aromatic carbocycles. The average Bonchev–Trinajstić information content (AvgIpc) is 3.41. The number of imidazole rings is 1. The summed E-state index contributed by atoms with van der Waals surface area (Å²) in [5, 5.41) is 0.661. The van der Waals surface area contributed by atoms with E-state index in [-0.39, 0.29) is 12.4 Å². The van der Waals surface area contributed by atoms with Crippen LogP contribution in [0.25, 0.3) is 22.6 Å². The highest BCUT2D eigenvalue weighted by molar-refractivity contribution is 6.30. The van der Waals surface area contributed by atoms with E-state index in [1.807, 2.05) is 66.7 Å². The second-order valence-corrected chi connectivity index (χ2v) is 7.38. The molecule has 0 saturated heterocycles. The third-order valence-electron chi connectivity index (χ3n) is 4.80. The molecule has 0 aliphatic heterocycles. The molecule has 156 valence electrons. The van der Waals surface area contributed by atoms with Crippen LogP contribution < -0.4 is 4.74 Å². The molecule has 31 heavy (non-hydrogen) atoms. The normalized spacial score (nSPS) is 10.7. The molecule has 5 aromatic rings. The molecule has 0 aliphatic rings. The van der Waals surface area contributed by atoms with E-state index in [9.17, 15) is 0 Å². The highest BCUT2D eigenvalue weighted by Gasteiger charge is 2.13. The summed E-state index contributed by atoms with van der Waals surface area (Å²) in [7, 11) is 0. The van der Waals surface area contributed by atoms with Crippen LogP contribution in [0, 0.1) is 0 Å². The van der Waals surface area contributed by atoms with Crippen LogP contribution in [-0.2, 0) is 13.0 Å². The first-order chi connectivity index (χ1) is 14.7. The first kappa shape index (κ1) is 21.0. The van der Waals surface area contributed by atoms with E-state index in [2.05, 4.69) is 15.0 Å². The number of aromatic amines is 1.